The van der Waals surface area contributed by atoms with Crippen LogP contribution in [0.4, 0.5) is 5.69 Å². The van der Waals surface area contributed by atoms with Crippen LogP contribution in [0.3, 0.4) is 0 Å². The van der Waals surface area contributed by atoms with Crippen molar-refractivity contribution >= 4 is 11.5 Å². The first kappa shape index (κ1) is 12.4. The summed E-state index contributed by atoms with van der Waals surface area (Å²) in [4.78, 5) is 4.33. The SMILES string of the molecule is CC(C)C(N)=Nc1cnn(Cc2ccccc2)c1. The van der Waals surface area contributed by atoms with Gasteiger partial charge in [0.05, 0.1) is 18.9 Å². The van der Waals surface area contributed by atoms with Gasteiger partial charge in [0.2, 0.25) is 0 Å². The first-order valence-electron chi connectivity index (χ1n) is 6.05. The molecule has 94 valence electrons. The van der Waals surface area contributed by atoms with Crippen molar-refractivity contribution in [1.82, 2.24) is 9.78 Å². The minimum absolute atomic E-state index is 0.252. The third kappa shape index (κ3) is 3.20. The number of nitrogens with two attached hydrogens (primary N) is 1. The van der Waals surface area contributed by atoms with E-state index in [4.69, 9.17) is 5.73 Å². The van der Waals surface area contributed by atoms with Gasteiger partial charge in [0.1, 0.15) is 11.5 Å². The zero-order valence-electron chi connectivity index (χ0n) is 10.7. The first-order chi connectivity index (χ1) is 8.65. The lowest BCUT2D eigenvalue weighted by Gasteiger charge is -2.02. The molecule has 0 saturated carbocycles. The van der Waals surface area contributed by atoms with Gasteiger partial charge in [-0.25, -0.2) is 4.99 Å². The molecule has 4 heteroatoms. The van der Waals surface area contributed by atoms with E-state index in [0.29, 0.717) is 5.84 Å². The molecular weight excluding hydrogens is 224 g/mol. The van der Waals surface area contributed by atoms with Gasteiger partial charge in [0.15, 0.2) is 0 Å². The summed E-state index contributed by atoms with van der Waals surface area (Å²) >= 11 is 0. The quantitative estimate of drug-likeness (QED) is 0.661. The monoisotopic (exact) mass is 242 g/mol. The second kappa shape index (κ2) is 5.49. The summed E-state index contributed by atoms with van der Waals surface area (Å²) in [5.74, 6) is 0.886. The Hall–Kier alpha value is -2.10. The van der Waals surface area contributed by atoms with E-state index in [1.807, 2.05) is 42.9 Å². The maximum absolute atomic E-state index is 5.82. The largest absolute Gasteiger partial charge is 0.387 e. The van der Waals surface area contributed by atoms with Crippen LogP contribution < -0.4 is 5.73 Å². The Labute approximate surface area is 107 Å². The summed E-state index contributed by atoms with van der Waals surface area (Å²) in [6, 6.07) is 10.2. The van der Waals surface area contributed by atoms with E-state index in [0.717, 1.165) is 12.2 Å². The molecule has 0 aliphatic heterocycles. The van der Waals surface area contributed by atoms with E-state index >= 15 is 0 Å². The van der Waals surface area contributed by atoms with E-state index in [2.05, 4.69) is 22.2 Å². The molecule has 1 aromatic carbocycles. The van der Waals surface area contributed by atoms with E-state index < -0.39 is 0 Å². The smallest absolute Gasteiger partial charge is 0.103 e. The Kier molecular flexibility index (Phi) is 3.77. The maximum atomic E-state index is 5.82. The minimum atomic E-state index is 0.252. The van der Waals surface area contributed by atoms with Crippen LogP contribution in [0.25, 0.3) is 0 Å². The van der Waals surface area contributed by atoms with Crippen LogP contribution in [0, 0.1) is 5.92 Å². The molecule has 0 saturated heterocycles. The van der Waals surface area contributed by atoms with Crippen LogP contribution in [0.5, 0.6) is 0 Å². The topological polar surface area (TPSA) is 56.2 Å². The Morgan fingerprint density at radius 2 is 2.06 bits per heavy atom. The minimum Gasteiger partial charge on any atom is -0.387 e. The third-order valence-corrected chi connectivity index (χ3v) is 2.66. The number of aliphatic imine (C=N–C) groups is 1. The Morgan fingerprint density at radius 3 is 2.72 bits per heavy atom. The molecule has 2 aromatic rings. The molecule has 2 N–H and O–H groups in total. The van der Waals surface area contributed by atoms with Crippen LogP contribution >= 0.6 is 0 Å². The van der Waals surface area contributed by atoms with E-state index in [1.54, 1.807) is 6.20 Å². The number of hydrogen-bond acceptors (Lipinski definition) is 2. The summed E-state index contributed by atoms with van der Waals surface area (Å²) in [6.07, 6.45) is 3.64. The molecule has 18 heavy (non-hydrogen) atoms. The molecule has 0 spiro atoms. The molecule has 0 bridgehead atoms. The van der Waals surface area contributed by atoms with Crippen LogP contribution in [0.1, 0.15) is 19.4 Å². The fraction of sp³-hybridized carbons (Fsp3) is 0.286. The van der Waals surface area contributed by atoms with Crippen LogP contribution in [0.2, 0.25) is 0 Å². The van der Waals surface area contributed by atoms with E-state index in [9.17, 15) is 0 Å². The van der Waals surface area contributed by atoms with Gasteiger partial charge in [-0.05, 0) is 5.56 Å². The molecule has 0 radical (unpaired) electrons. The maximum Gasteiger partial charge on any atom is 0.103 e. The lowest BCUT2D eigenvalue weighted by Crippen LogP contribution is -2.17. The average Bonchev–Trinajstić information content (AvgIpc) is 2.77. The van der Waals surface area contributed by atoms with Crippen molar-refractivity contribution in [2.75, 3.05) is 0 Å². The molecule has 0 unspecified atom stereocenters. The number of nitrogens with zero attached hydrogens (tertiary/aromatic N) is 3. The van der Waals surface area contributed by atoms with Crippen molar-refractivity contribution in [3.8, 4) is 0 Å². The molecule has 2 rings (SSSR count). The molecule has 0 atom stereocenters. The molecule has 1 heterocycles. The lowest BCUT2D eigenvalue weighted by atomic mass is 10.2. The normalized spacial score (nSPS) is 12.1. The zero-order chi connectivity index (χ0) is 13.0. The fourth-order valence-corrected chi connectivity index (χ4v) is 1.55. The van der Waals surface area contributed by atoms with Crippen molar-refractivity contribution in [2.45, 2.75) is 20.4 Å². The lowest BCUT2D eigenvalue weighted by molar-refractivity contribution is 0.687. The number of benzene rings is 1. The molecule has 0 amide bonds. The van der Waals surface area contributed by atoms with Gasteiger partial charge < -0.3 is 5.73 Å². The first-order valence-corrected chi connectivity index (χ1v) is 6.05. The van der Waals surface area contributed by atoms with Crippen molar-refractivity contribution < 1.29 is 0 Å². The van der Waals surface area contributed by atoms with Crippen molar-refractivity contribution in [3.05, 3.63) is 48.3 Å². The fourth-order valence-electron chi connectivity index (χ4n) is 1.55. The van der Waals surface area contributed by atoms with Gasteiger partial charge in [-0.15, -0.1) is 0 Å². The zero-order valence-corrected chi connectivity index (χ0v) is 10.7. The molecule has 4 nitrogen and oxygen atoms in total. The van der Waals surface area contributed by atoms with Gasteiger partial charge in [0, 0.05) is 5.92 Å². The van der Waals surface area contributed by atoms with Crippen LogP contribution in [-0.2, 0) is 6.54 Å². The van der Waals surface area contributed by atoms with Gasteiger partial charge >= 0.3 is 0 Å². The van der Waals surface area contributed by atoms with Crippen molar-refractivity contribution in [2.24, 2.45) is 16.6 Å². The van der Waals surface area contributed by atoms with E-state index in [1.165, 1.54) is 5.56 Å². The second-order valence-electron chi connectivity index (χ2n) is 4.57. The van der Waals surface area contributed by atoms with Gasteiger partial charge in [-0.1, -0.05) is 44.2 Å². The molecule has 0 aliphatic carbocycles. The van der Waals surface area contributed by atoms with Gasteiger partial charge in [-0.2, -0.15) is 5.10 Å². The predicted molar refractivity (Wildman–Crippen MR) is 73.9 cm³/mol. The van der Waals surface area contributed by atoms with Crippen LogP contribution in [-0.4, -0.2) is 15.6 Å². The summed E-state index contributed by atoms with van der Waals surface area (Å²) < 4.78 is 1.86. The summed E-state index contributed by atoms with van der Waals surface area (Å²) in [5, 5.41) is 4.28. The highest BCUT2D eigenvalue weighted by atomic mass is 15.3. The molecule has 0 aliphatic rings. The highest BCUT2D eigenvalue weighted by molar-refractivity contribution is 5.84. The highest BCUT2D eigenvalue weighted by Crippen LogP contribution is 2.12. The number of aromatic nitrogens is 2. The van der Waals surface area contributed by atoms with Crippen molar-refractivity contribution in [3.63, 3.8) is 0 Å². The number of amidine groups is 1. The predicted octanol–water partition coefficient (Wildman–Crippen LogP) is 2.58. The van der Waals surface area contributed by atoms with E-state index in [-0.39, 0.29) is 5.92 Å². The summed E-state index contributed by atoms with van der Waals surface area (Å²) in [7, 11) is 0. The summed E-state index contributed by atoms with van der Waals surface area (Å²) in [6.45, 7) is 4.79. The standard InChI is InChI=1S/C14H18N4/c1-11(2)14(15)17-13-8-16-18(10-13)9-12-6-4-3-5-7-12/h3-8,10-11H,9H2,1-2H3,(H2,15,17). The van der Waals surface area contributed by atoms with Crippen molar-refractivity contribution in [1.29, 1.82) is 0 Å². The molecular formula is C14H18N4. The second-order valence-corrected chi connectivity index (χ2v) is 4.57. The number of rotatable bonds is 4. The molecule has 0 fully saturated rings. The Bertz CT molecular complexity index is 526. The summed E-state index contributed by atoms with van der Waals surface area (Å²) in [5.41, 5.74) is 7.84. The Balaban J connectivity index is 2.09. The highest BCUT2D eigenvalue weighted by Gasteiger charge is 2.02. The third-order valence-electron chi connectivity index (χ3n) is 2.66. The molecule has 1 aromatic heterocycles. The number of hydrogen-bond donors (Lipinski definition) is 1. The van der Waals surface area contributed by atoms with Gasteiger partial charge in [0.25, 0.3) is 0 Å². The van der Waals surface area contributed by atoms with Gasteiger partial charge in [-0.3, -0.25) is 4.68 Å². The van der Waals surface area contributed by atoms with Crippen LogP contribution in [0.15, 0.2) is 47.7 Å². The average molecular weight is 242 g/mol. The Morgan fingerprint density at radius 1 is 1.33 bits per heavy atom.